The molecular formula is C21H22N2O3S. The molecule has 1 amide bonds. The summed E-state index contributed by atoms with van der Waals surface area (Å²) in [6, 6.07) is 11.8. The van der Waals surface area contributed by atoms with Crippen molar-refractivity contribution in [3.63, 3.8) is 0 Å². The molecule has 6 heteroatoms. The first-order chi connectivity index (χ1) is 12.9. The van der Waals surface area contributed by atoms with Gasteiger partial charge in [0.05, 0.1) is 20.8 Å². The quantitative estimate of drug-likeness (QED) is 0.660. The molecule has 0 fully saturated rings. The lowest BCUT2D eigenvalue weighted by Crippen LogP contribution is -2.30. The van der Waals surface area contributed by atoms with E-state index in [-0.39, 0.29) is 12.5 Å². The largest absolute Gasteiger partial charge is 0.452 e. The van der Waals surface area contributed by atoms with Crippen molar-refractivity contribution >= 4 is 33.4 Å². The number of carbonyl (C=O) groups is 2. The van der Waals surface area contributed by atoms with Crippen molar-refractivity contribution in [2.75, 3.05) is 13.2 Å². The maximum Gasteiger partial charge on any atom is 0.339 e. The van der Waals surface area contributed by atoms with Gasteiger partial charge in [-0.2, -0.15) is 0 Å². The number of hydrogen-bond donors (Lipinski definition) is 1. The number of aromatic nitrogens is 1. The van der Waals surface area contributed by atoms with E-state index < -0.39 is 5.97 Å². The number of para-hydroxylation sites is 1. The van der Waals surface area contributed by atoms with E-state index in [2.05, 4.69) is 10.3 Å². The zero-order valence-electron chi connectivity index (χ0n) is 15.7. The van der Waals surface area contributed by atoms with Crippen molar-refractivity contribution < 1.29 is 14.3 Å². The van der Waals surface area contributed by atoms with Gasteiger partial charge in [0.2, 0.25) is 0 Å². The minimum Gasteiger partial charge on any atom is -0.452 e. The van der Waals surface area contributed by atoms with E-state index in [0.717, 1.165) is 31.9 Å². The molecule has 0 saturated heterocycles. The number of ether oxygens (including phenoxy) is 1. The molecule has 3 rings (SSSR count). The highest BCUT2D eigenvalue weighted by molar-refractivity contribution is 7.18. The molecule has 27 heavy (non-hydrogen) atoms. The first-order valence-electron chi connectivity index (χ1n) is 8.80. The highest BCUT2D eigenvalue weighted by atomic mass is 32.1. The van der Waals surface area contributed by atoms with Gasteiger partial charge in [0.25, 0.3) is 5.91 Å². The Morgan fingerprint density at radius 1 is 1.11 bits per heavy atom. The molecule has 0 aliphatic carbocycles. The zero-order valence-corrected chi connectivity index (χ0v) is 16.5. The molecule has 0 unspecified atom stereocenters. The van der Waals surface area contributed by atoms with Crippen LogP contribution in [0.15, 0.2) is 36.4 Å². The van der Waals surface area contributed by atoms with Crippen molar-refractivity contribution in [1.29, 1.82) is 0 Å². The molecule has 1 heterocycles. The number of nitrogens with one attached hydrogen (secondary N) is 1. The van der Waals surface area contributed by atoms with E-state index in [0.29, 0.717) is 18.5 Å². The molecule has 0 saturated carbocycles. The fourth-order valence-corrected chi connectivity index (χ4v) is 4.06. The van der Waals surface area contributed by atoms with Gasteiger partial charge in [-0.05, 0) is 44.0 Å². The van der Waals surface area contributed by atoms with Crippen LogP contribution >= 0.6 is 11.3 Å². The van der Waals surface area contributed by atoms with E-state index in [1.54, 1.807) is 11.3 Å². The van der Waals surface area contributed by atoms with E-state index in [9.17, 15) is 9.59 Å². The van der Waals surface area contributed by atoms with Crippen LogP contribution in [0.2, 0.25) is 0 Å². The summed E-state index contributed by atoms with van der Waals surface area (Å²) in [4.78, 5) is 28.8. The third kappa shape index (κ3) is 4.71. The molecule has 1 N–H and O–H groups in total. The molecule has 140 valence electrons. The van der Waals surface area contributed by atoms with Crippen LogP contribution in [-0.2, 0) is 16.0 Å². The molecule has 0 radical (unpaired) electrons. The molecule has 5 nitrogen and oxygen atoms in total. The topological polar surface area (TPSA) is 68.3 Å². The van der Waals surface area contributed by atoms with Gasteiger partial charge in [0, 0.05) is 13.0 Å². The highest BCUT2D eigenvalue weighted by Gasteiger charge is 2.15. The van der Waals surface area contributed by atoms with Crippen LogP contribution in [0.3, 0.4) is 0 Å². The lowest BCUT2D eigenvalue weighted by molar-refractivity contribution is -0.124. The molecule has 0 aliphatic heterocycles. The molecule has 1 aromatic heterocycles. The minimum atomic E-state index is -0.466. The van der Waals surface area contributed by atoms with Crippen molar-refractivity contribution in [3.05, 3.63) is 63.7 Å². The summed E-state index contributed by atoms with van der Waals surface area (Å²) in [7, 11) is 0. The number of fused-ring (bicyclic) bond motifs is 1. The lowest BCUT2D eigenvalue weighted by atomic mass is 10.00. The zero-order chi connectivity index (χ0) is 19.4. The Kier molecular flexibility index (Phi) is 5.86. The third-order valence-corrected chi connectivity index (χ3v) is 5.31. The monoisotopic (exact) mass is 382 g/mol. The summed E-state index contributed by atoms with van der Waals surface area (Å²) < 4.78 is 6.31. The Hall–Kier alpha value is -2.73. The van der Waals surface area contributed by atoms with Gasteiger partial charge in [0.15, 0.2) is 6.61 Å². The van der Waals surface area contributed by atoms with Crippen molar-refractivity contribution in [3.8, 4) is 0 Å². The molecule has 2 aromatic carbocycles. The maximum atomic E-state index is 12.3. The maximum absolute atomic E-state index is 12.3. The Morgan fingerprint density at radius 2 is 1.81 bits per heavy atom. The van der Waals surface area contributed by atoms with E-state index >= 15 is 0 Å². The summed E-state index contributed by atoms with van der Waals surface area (Å²) in [5, 5.41) is 3.74. The van der Waals surface area contributed by atoms with Gasteiger partial charge in [-0.25, -0.2) is 9.78 Å². The first-order valence-corrected chi connectivity index (χ1v) is 9.62. The minimum absolute atomic E-state index is 0.286. The number of carbonyl (C=O) groups excluding carboxylic acids is 2. The number of benzene rings is 2. The predicted molar refractivity (Wildman–Crippen MR) is 107 cm³/mol. The Bertz CT molecular complexity index is 938. The number of aryl methyl sites for hydroxylation is 3. The molecule has 0 aliphatic rings. The van der Waals surface area contributed by atoms with Gasteiger partial charge in [-0.3, -0.25) is 4.79 Å². The Balaban J connectivity index is 1.47. The molecule has 3 aromatic rings. The van der Waals surface area contributed by atoms with Crippen LogP contribution in [0, 0.1) is 20.8 Å². The van der Waals surface area contributed by atoms with Crippen LogP contribution in [-0.4, -0.2) is 30.0 Å². The number of rotatable bonds is 6. The van der Waals surface area contributed by atoms with Crippen molar-refractivity contribution in [2.45, 2.75) is 27.2 Å². The average Bonchev–Trinajstić information content (AvgIpc) is 3.01. The average molecular weight is 382 g/mol. The van der Waals surface area contributed by atoms with Gasteiger partial charge in [-0.1, -0.05) is 29.8 Å². The summed E-state index contributed by atoms with van der Waals surface area (Å²) in [6.07, 6.45) is 0.648. The summed E-state index contributed by atoms with van der Waals surface area (Å²) >= 11 is 1.62. The smallest absolute Gasteiger partial charge is 0.339 e. The van der Waals surface area contributed by atoms with Crippen LogP contribution in [0.4, 0.5) is 0 Å². The molecule has 0 bridgehead atoms. The number of esters is 1. The van der Waals surface area contributed by atoms with Crippen molar-refractivity contribution in [2.24, 2.45) is 0 Å². The number of hydrogen-bond acceptors (Lipinski definition) is 5. The SMILES string of the molecule is Cc1cc(C)c(C(=O)OCC(=O)NCCc2nc3ccccc3s2)c(C)c1. The summed E-state index contributed by atoms with van der Waals surface area (Å²) in [5.41, 5.74) is 4.31. The van der Waals surface area contributed by atoms with Crippen LogP contribution in [0.1, 0.15) is 32.1 Å². The van der Waals surface area contributed by atoms with Gasteiger partial charge in [-0.15, -0.1) is 11.3 Å². The van der Waals surface area contributed by atoms with Gasteiger partial charge < -0.3 is 10.1 Å². The number of nitrogens with zero attached hydrogens (tertiary/aromatic N) is 1. The summed E-state index contributed by atoms with van der Waals surface area (Å²) in [6.45, 7) is 5.89. The second-order valence-electron chi connectivity index (χ2n) is 6.53. The van der Waals surface area contributed by atoms with Crippen LogP contribution in [0.25, 0.3) is 10.2 Å². The number of thiazole rings is 1. The molecule has 0 spiro atoms. The van der Waals surface area contributed by atoms with Gasteiger partial charge >= 0.3 is 5.97 Å². The Labute approximate surface area is 162 Å². The second-order valence-corrected chi connectivity index (χ2v) is 7.64. The van der Waals surface area contributed by atoms with Crippen LogP contribution in [0.5, 0.6) is 0 Å². The van der Waals surface area contributed by atoms with Gasteiger partial charge in [0.1, 0.15) is 0 Å². The highest BCUT2D eigenvalue weighted by Crippen LogP contribution is 2.21. The first kappa shape index (κ1) is 19.0. The van der Waals surface area contributed by atoms with E-state index in [1.165, 1.54) is 0 Å². The normalized spacial score (nSPS) is 10.8. The number of amides is 1. The van der Waals surface area contributed by atoms with E-state index in [4.69, 9.17) is 4.74 Å². The second kappa shape index (κ2) is 8.31. The predicted octanol–water partition coefficient (Wildman–Crippen LogP) is 3.74. The fourth-order valence-electron chi connectivity index (χ4n) is 3.09. The Morgan fingerprint density at radius 3 is 2.52 bits per heavy atom. The molecule has 0 atom stereocenters. The van der Waals surface area contributed by atoms with E-state index in [1.807, 2.05) is 57.2 Å². The standard InChI is InChI=1S/C21H22N2O3S/c1-13-10-14(2)20(15(3)11-13)21(25)26-12-18(24)22-9-8-19-23-16-6-4-5-7-17(16)27-19/h4-7,10-11H,8-9,12H2,1-3H3,(H,22,24). The van der Waals surface area contributed by atoms with Crippen LogP contribution < -0.4 is 5.32 Å². The summed E-state index contributed by atoms with van der Waals surface area (Å²) in [5.74, 6) is -0.779. The molecular weight excluding hydrogens is 360 g/mol. The lowest BCUT2D eigenvalue weighted by Gasteiger charge is -2.11. The fraction of sp³-hybridized carbons (Fsp3) is 0.286. The van der Waals surface area contributed by atoms with Crippen molar-refractivity contribution in [1.82, 2.24) is 10.3 Å². The third-order valence-electron chi connectivity index (χ3n) is 4.21.